The molecule has 1 N–H and O–H groups in total. The molecule has 2 atom stereocenters. The monoisotopic (exact) mass is 655 g/mol. The maximum absolute atomic E-state index is 13.9. The lowest BCUT2D eigenvalue weighted by Crippen LogP contribution is -2.52. The molecule has 0 aliphatic rings. The molecule has 9 heteroatoms. The van der Waals surface area contributed by atoms with Crippen LogP contribution in [0.3, 0.4) is 0 Å². The third-order valence-electron chi connectivity index (χ3n) is 7.47. The van der Waals surface area contributed by atoms with Gasteiger partial charge in [-0.15, -0.1) is 0 Å². The summed E-state index contributed by atoms with van der Waals surface area (Å²) in [7, 11) is -3.57. The molecular weight excluding hydrogens is 614 g/mol. The van der Waals surface area contributed by atoms with E-state index in [1.54, 1.807) is 11.0 Å². The number of halogens is 1. The topological polar surface area (TPSA) is 86.8 Å². The zero-order valence-electron chi connectivity index (χ0n) is 25.1. The Morgan fingerprint density at radius 1 is 0.929 bits per heavy atom. The number of anilines is 1. The van der Waals surface area contributed by atoms with Crippen molar-refractivity contribution >= 4 is 43.5 Å². The fourth-order valence-corrected chi connectivity index (χ4v) is 5.89. The van der Waals surface area contributed by atoms with Crippen molar-refractivity contribution < 1.29 is 18.0 Å². The first-order chi connectivity index (χ1) is 19.9. The van der Waals surface area contributed by atoms with Crippen LogP contribution in [0.4, 0.5) is 5.69 Å². The van der Waals surface area contributed by atoms with Crippen molar-refractivity contribution in [2.45, 2.75) is 72.0 Å². The second kappa shape index (κ2) is 15.3. The third-order valence-corrected chi connectivity index (χ3v) is 9.19. The molecule has 0 aliphatic heterocycles. The average molecular weight is 657 g/mol. The summed E-state index contributed by atoms with van der Waals surface area (Å²) in [6.07, 6.45) is 2.71. The summed E-state index contributed by atoms with van der Waals surface area (Å²) in [5, 5.41) is 3.08. The third kappa shape index (κ3) is 9.70. The highest BCUT2D eigenvalue weighted by atomic mass is 79.9. The second-order valence-corrected chi connectivity index (χ2v) is 13.7. The highest BCUT2D eigenvalue weighted by Crippen LogP contribution is 2.23. The highest BCUT2D eigenvalue weighted by Gasteiger charge is 2.31. The number of hydrogen-bond donors (Lipinski definition) is 1. The number of aryl methyl sites for hydroxylation is 2. The molecule has 3 aromatic carbocycles. The van der Waals surface area contributed by atoms with Gasteiger partial charge in [-0.1, -0.05) is 71.4 Å². The molecule has 3 aromatic rings. The van der Waals surface area contributed by atoms with Crippen molar-refractivity contribution in [2.24, 2.45) is 0 Å². The number of amides is 2. The number of sulfonamides is 1. The van der Waals surface area contributed by atoms with Gasteiger partial charge >= 0.3 is 0 Å². The lowest BCUT2D eigenvalue weighted by molar-refractivity contribution is -0.141. The van der Waals surface area contributed by atoms with Gasteiger partial charge < -0.3 is 10.2 Å². The molecule has 7 nitrogen and oxygen atoms in total. The molecule has 2 unspecified atom stereocenters. The van der Waals surface area contributed by atoms with E-state index in [0.717, 1.165) is 33.1 Å². The van der Waals surface area contributed by atoms with Crippen molar-refractivity contribution in [2.75, 3.05) is 17.1 Å². The Hall–Kier alpha value is -3.17. The predicted molar refractivity (Wildman–Crippen MR) is 174 cm³/mol. The molecule has 0 radical (unpaired) electrons. The number of nitrogens with zero attached hydrogens (tertiary/aromatic N) is 2. The Morgan fingerprint density at radius 2 is 1.60 bits per heavy atom. The molecular formula is C33H42BrN3O4S. The quantitative estimate of drug-likeness (QED) is 0.225. The molecule has 0 spiro atoms. The number of benzene rings is 3. The SMILES string of the molecule is CCC(C)NC(=O)C(Cc1ccccc1)N(Cc1ccc(Br)cc1)C(=O)CCCN(c1ccc(C)c(C)c1)S(C)(=O)=O. The van der Waals surface area contributed by atoms with Gasteiger partial charge in [0.15, 0.2) is 0 Å². The highest BCUT2D eigenvalue weighted by molar-refractivity contribution is 9.10. The lowest BCUT2D eigenvalue weighted by atomic mass is 10.0. The van der Waals surface area contributed by atoms with Crippen LogP contribution in [0.15, 0.2) is 77.3 Å². The molecule has 0 saturated carbocycles. The Bertz CT molecular complexity index is 1450. The first-order valence-corrected chi connectivity index (χ1v) is 17.0. The average Bonchev–Trinajstić information content (AvgIpc) is 2.95. The first kappa shape index (κ1) is 33.3. The largest absolute Gasteiger partial charge is 0.352 e. The van der Waals surface area contributed by atoms with Crippen LogP contribution >= 0.6 is 15.9 Å². The van der Waals surface area contributed by atoms with Gasteiger partial charge in [0.05, 0.1) is 11.9 Å². The summed E-state index contributed by atoms with van der Waals surface area (Å²) in [5.41, 5.74) is 4.50. The van der Waals surface area contributed by atoms with Crippen LogP contribution in [0.1, 0.15) is 55.4 Å². The van der Waals surface area contributed by atoms with Gasteiger partial charge in [-0.25, -0.2) is 8.42 Å². The van der Waals surface area contributed by atoms with Gasteiger partial charge in [-0.3, -0.25) is 13.9 Å². The Kier molecular flexibility index (Phi) is 12.2. The van der Waals surface area contributed by atoms with E-state index in [0.29, 0.717) is 18.5 Å². The number of rotatable bonds is 14. The molecule has 0 fully saturated rings. The maximum atomic E-state index is 13.9. The van der Waals surface area contributed by atoms with Crippen LogP contribution in [0, 0.1) is 13.8 Å². The molecule has 42 heavy (non-hydrogen) atoms. The molecule has 226 valence electrons. The predicted octanol–water partition coefficient (Wildman–Crippen LogP) is 6.17. The molecule has 0 aliphatic carbocycles. The van der Waals surface area contributed by atoms with Gasteiger partial charge in [0.25, 0.3) is 0 Å². The van der Waals surface area contributed by atoms with Crippen LogP contribution in [0.5, 0.6) is 0 Å². The van der Waals surface area contributed by atoms with Crippen molar-refractivity contribution in [1.82, 2.24) is 10.2 Å². The zero-order chi connectivity index (χ0) is 30.9. The minimum absolute atomic E-state index is 0.0401. The summed E-state index contributed by atoms with van der Waals surface area (Å²) in [5.74, 6) is -0.404. The summed E-state index contributed by atoms with van der Waals surface area (Å²) in [6.45, 7) is 8.29. The molecule has 0 saturated heterocycles. The van der Waals surface area contributed by atoms with Crippen LogP contribution < -0.4 is 9.62 Å². The van der Waals surface area contributed by atoms with Crippen molar-refractivity contribution in [1.29, 1.82) is 0 Å². The van der Waals surface area contributed by atoms with E-state index in [1.807, 2.05) is 94.4 Å². The molecule has 3 rings (SSSR count). The van der Waals surface area contributed by atoms with Crippen LogP contribution in [-0.2, 0) is 32.6 Å². The number of carbonyl (C=O) groups is 2. The van der Waals surface area contributed by atoms with Crippen molar-refractivity contribution in [3.05, 3.63) is 99.5 Å². The van der Waals surface area contributed by atoms with E-state index in [9.17, 15) is 18.0 Å². The molecule has 0 bridgehead atoms. The summed E-state index contributed by atoms with van der Waals surface area (Å²) in [4.78, 5) is 29.3. The number of carbonyl (C=O) groups excluding carboxylic acids is 2. The molecule has 0 heterocycles. The van der Waals surface area contributed by atoms with Gasteiger partial charge in [-0.2, -0.15) is 0 Å². The maximum Gasteiger partial charge on any atom is 0.243 e. The Labute approximate surface area is 259 Å². The van der Waals surface area contributed by atoms with Crippen LogP contribution in [0.25, 0.3) is 0 Å². The fraction of sp³-hybridized carbons (Fsp3) is 0.394. The molecule has 2 amide bonds. The van der Waals surface area contributed by atoms with Crippen LogP contribution in [0.2, 0.25) is 0 Å². The summed E-state index contributed by atoms with van der Waals surface area (Å²) < 4.78 is 27.7. The lowest BCUT2D eigenvalue weighted by Gasteiger charge is -2.32. The van der Waals surface area contributed by atoms with Crippen molar-refractivity contribution in [3.8, 4) is 0 Å². The number of hydrogen-bond acceptors (Lipinski definition) is 4. The van der Waals surface area contributed by atoms with E-state index < -0.39 is 16.1 Å². The summed E-state index contributed by atoms with van der Waals surface area (Å²) >= 11 is 3.46. The van der Waals surface area contributed by atoms with Crippen LogP contribution in [-0.4, -0.2) is 50.0 Å². The Morgan fingerprint density at radius 3 is 2.19 bits per heavy atom. The van der Waals surface area contributed by atoms with E-state index in [4.69, 9.17) is 0 Å². The second-order valence-electron chi connectivity index (χ2n) is 10.9. The normalized spacial score (nSPS) is 12.8. The fourth-order valence-electron chi connectivity index (χ4n) is 4.67. The van der Waals surface area contributed by atoms with E-state index >= 15 is 0 Å². The van der Waals surface area contributed by atoms with E-state index in [1.165, 1.54) is 10.6 Å². The Balaban J connectivity index is 1.89. The minimum Gasteiger partial charge on any atom is -0.352 e. The smallest absolute Gasteiger partial charge is 0.243 e. The first-order valence-electron chi connectivity index (χ1n) is 14.3. The summed E-state index contributed by atoms with van der Waals surface area (Å²) in [6, 6.07) is 22.1. The van der Waals surface area contributed by atoms with E-state index in [2.05, 4.69) is 21.2 Å². The van der Waals surface area contributed by atoms with E-state index in [-0.39, 0.29) is 37.4 Å². The van der Waals surface area contributed by atoms with Crippen molar-refractivity contribution in [3.63, 3.8) is 0 Å². The van der Waals surface area contributed by atoms with Gasteiger partial charge in [-0.05, 0) is 80.1 Å². The van der Waals surface area contributed by atoms with Gasteiger partial charge in [0.1, 0.15) is 6.04 Å². The zero-order valence-corrected chi connectivity index (χ0v) is 27.5. The molecule has 0 aromatic heterocycles. The number of nitrogens with one attached hydrogen (secondary N) is 1. The standard InChI is InChI=1S/C33H42BrN3O4S/c1-6-26(4)35-33(39)31(22-27-11-8-7-9-12-27)36(23-28-15-17-29(34)18-16-28)32(38)13-10-20-37(42(5,40)41)30-19-14-24(2)25(3)21-30/h7-9,11-12,14-19,21,26,31H,6,10,13,20,22-23H2,1-5H3,(H,35,39). The van der Waals surface area contributed by atoms with Gasteiger partial charge in [0.2, 0.25) is 21.8 Å². The minimum atomic E-state index is -3.57. The van der Waals surface area contributed by atoms with Gasteiger partial charge in [0, 0.05) is 36.4 Å².